The molecular weight excluding hydrogens is 612 g/mol. The van der Waals surface area contributed by atoms with Crippen molar-refractivity contribution in [2.45, 2.75) is 96.2 Å². The molecule has 4 bridgehead atoms. The summed E-state index contributed by atoms with van der Waals surface area (Å²) in [6.07, 6.45) is 12.5. The number of aromatic hydroxyl groups is 1. The summed E-state index contributed by atoms with van der Waals surface area (Å²) in [6, 6.07) is 0.615. The van der Waals surface area contributed by atoms with Crippen LogP contribution < -0.4 is 27.8 Å². The van der Waals surface area contributed by atoms with E-state index in [0.717, 1.165) is 46.6 Å². The number of carbonyl (C=O) groups is 2. The van der Waals surface area contributed by atoms with Crippen LogP contribution in [-0.2, 0) is 28.9 Å². The smallest absolute Gasteiger partial charge is 0.249 e. The lowest BCUT2D eigenvalue weighted by Crippen LogP contribution is -2.53. The van der Waals surface area contributed by atoms with Gasteiger partial charge >= 0.3 is 0 Å². The molecule has 1 aromatic carbocycles. The number of H-pyrrole nitrogens is 1. The number of aryl methyl sites for hydroxylation is 2. The monoisotopic (exact) mass is 660 g/mol. The van der Waals surface area contributed by atoms with E-state index in [-0.39, 0.29) is 36.5 Å². The third-order valence-corrected chi connectivity index (χ3v) is 10.6. The molecule has 0 aliphatic heterocycles. The lowest BCUT2D eigenvalue weighted by atomic mass is 9.49. The largest absolute Gasteiger partial charge is 0.508 e. The lowest BCUT2D eigenvalue weighted by Gasteiger charge is -2.56. The van der Waals surface area contributed by atoms with Crippen LogP contribution >= 0.6 is 0 Å². The van der Waals surface area contributed by atoms with Crippen LogP contribution in [0.15, 0.2) is 34.2 Å². The predicted molar refractivity (Wildman–Crippen MR) is 178 cm³/mol. The summed E-state index contributed by atoms with van der Waals surface area (Å²) in [5, 5.41) is 20.4. The second-order valence-electron chi connectivity index (χ2n) is 14.5. The minimum absolute atomic E-state index is 0.0939. The minimum atomic E-state index is -1.01. The molecular formula is C34H48N10O4. The summed E-state index contributed by atoms with van der Waals surface area (Å²) in [5.41, 5.74) is 20.4. The van der Waals surface area contributed by atoms with Crippen LogP contribution in [0.1, 0.15) is 85.1 Å². The Morgan fingerprint density at radius 2 is 1.73 bits per heavy atom. The van der Waals surface area contributed by atoms with Crippen molar-refractivity contribution in [1.29, 1.82) is 0 Å². The molecule has 7 rings (SSSR count). The number of carbonyl (C=O) groups excluding carboxylic acids is 2. The van der Waals surface area contributed by atoms with Crippen LogP contribution in [0, 0.1) is 37.0 Å². The summed E-state index contributed by atoms with van der Waals surface area (Å²) in [7, 11) is 0. The molecule has 0 spiro atoms. The summed E-state index contributed by atoms with van der Waals surface area (Å²) < 4.78 is 5.84. The molecule has 48 heavy (non-hydrogen) atoms. The van der Waals surface area contributed by atoms with E-state index in [1.807, 2.05) is 13.8 Å². The average Bonchev–Trinajstić information content (AvgIpc) is 3.69. The number of phenols is 1. The van der Waals surface area contributed by atoms with Crippen molar-refractivity contribution < 1.29 is 19.2 Å². The Balaban J connectivity index is 1.22. The van der Waals surface area contributed by atoms with Crippen molar-refractivity contribution >= 4 is 17.8 Å². The van der Waals surface area contributed by atoms with Gasteiger partial charge in [0, 0.05) is 37.7 Å². The SMILES string of the molecule is Cc1cc(O)cc(C)c1CC(NC(=O)C(N)CCN=C(N)N)C(=O)N[C@@H](Cc1cnc[nH]1)c1nc(CC23CC4CC(CC(C4)C2)C3)no1. The van der Waals surface area contributed by atoms with E-state index in [1.54, 1.807) is 24.7 Å². The van der Waals surface area contributed by atoms with Gasteiger partial charge in [-0.3, -0.25) is 14.6 Å². The van der Waals surface area contributed by atoms with Crippen molar-refractivity contribution in [2.24, 2.45) is 45.4 Å². The first-order chi connectivity index (χ1) is 22.9. The van der Waals surface area contributed by atoms with E-state index in [2.05, 4.69) is 30.8 Å². The van der Waals surface area contributed by atoms with Gasteiger partial charge in [-0.2, -0.15) is 4.98 Å². The molecule has 4 fully saturated rings. The maximum Gasteiger partial charge on any atom is 0.249 e. The summed E-state index contributed by atoms with van der Waals surface area (Å²) in [4.78, 5) is 43.4. The molecule has 10 N–H and O–H groups in total. The predicted octanol–water partition coefficient (Wildman–Crippen LogP) is 1.99. The Kier molecular flexibility index (Phi) is 9.72. The number of hydrogen-bond acceptors (Lipinski definition) is 9. The van der Waals surface area contributed by atoms with Gasteiger partial charge in [-0.15, -0.1) is 0 Å². The maximum absolute atomic E-state index is 14.1. The standard InChI is InChI=1S/C34H48N10O4/c1-18-5-24(45)6-19(2)25(18)11-27(41-30(46)26(35)3-4-39-33(36)37)31(47)42-28(10-23-16-38-17-40-23)32-43-29(44-48-32)15-34-12-20-7-21(13-34)9-22(8-20)14-34/h5-6,16-17,20-22,26-28,45H,3-4,7-15,35H2,1-2H3,(H,38,40)(H,41,46)(H,42,47)(H4,36,37,39)/t20?,21?,22?,26?,27?,28-,34?/m0/s1. The number of guanidine groups is 1. The normalized spacial score (nSPS) is 24.5. The zero-order valence-corrected chi connectivity index (χ0v) is 27.7. The highest BCUT2D eigenvalue weighted by Gasteiger charge is 2.51. The molecule has 4 aliphatic carbocycles. The van der Waals surface area contributed by atoms with Gasteiger partial charge in [0.05, 0.1) is 12.4 Å². The van der Waals surface area contributed by atoms with E-state index in [0.29, 0.717) is 18.1 Å². The van der Waals surface area contributed by atoms with E-state index in [4.69, 9.17) is 26.7 Å². The number of rotatable bonds is 14. The van der Waals surface area contributed by atoms with E-state index in [1.165, 1.54) is 38.5 Å². The van der Waals surface area contributed by atoms with Crippen LogP contribution in [0.2, 0.25) is 0 Å². The van der Waals surface area contributed by atoms with E-state index in [9.17, 15) is 14.7 Å². The van der Waals surface area contributed by atoms with Crippen molar-refractivity contribution in [3.63, 3.8) is 0 Å². The molecule has 3 aromatic rings. The second-order valence-corrected chi connectivity index (χ2v) is 14.5. The number of amides is 2. The van der Waals surface area contributed by atoms with Gasteiger partial charge in [0.25, 0.3) is 0 Å². The Bertz CT molecular complexity index is 1570. The van der Waals surface area contributed by atoms with Crippen LogP contribution in [0.3, 0.4) is 0 Å². The number of nitrogens with one attached hydrogen (secondary N) is 3. The molecule has 4 saturated carbocycles. The zero-order valence-electron chi connectivity index (χ0n) is 27.7. The first kappa shape index (κ1) is 33.4. The average molecular weight is 661 g/mol. The second kappa shape index (κ2) is 14.0. The van der Waals surface area contributed by atoms with Crippen LogP contribution in [0.5, 0.6) is 5.75 Å². The molecule has 14 nitrogen and oxygen atoms in total. The lowest BCUT2D eigenvalue weighted by molar-refractivity contribution is -0.130. The third-order valence-electron chi connectivity index (χ3n) is 10.6. The molecule has 3 atom stereocenters. The molecule has 0 radical (unpaired) electrons. The van der Waals surface area contributed by atoms with Crippen molar-refractivity contribution in [1.82, 2.24) is 30.7 Å². The molecule has 258 valence electrons. The Labute approximate surface area is 280 Å². The van der Waals surface area contributed by atoms with Crippen molar-refractivity contribution in [3.8, 4) is 5.75 Å². The molecule has 2 heterocycles. The zero-order chi connectivity index (χ0) is 34.0. The van der Waals surface area contributed by atoms with Gasteiger partial charge in [0.2, 0.25) is 17.7 Å². The van der Waals surface area contributed by atoms with Gasteiger partial charge in [-0.1, -0.05) is 5.16 Å². The number of aromatic nitrogens is 4. The Hall–Kier alpha value is -4.46. The van der Waals surface area contributed by atoms with Gasteiger partial charge in [0.15, 0.2) is 11.8 Å². The fraction of sp³-hybridized carbons (Fsp3) is 0.588. The van der Waals surface area contributed by atoms with Crippen molar-refractivity contribution in [2.75, 3.05) is 6.54 Å². The third kappa shape index (κ3) is 7.80. The van der Waals surface area contributed by atoms with Gasteiger partial charge in [-0.05, 0) is 111 Å². The summed E-state index contributed by atoms with van der Waals surface area (Å²) >= 11 is 0. The number of imidazole rings is 1. The molecule has 2 aromatic heterocycles. The number of hydrogen-bond donors (Lipinski definition) is 7. The highest BCUT2D eigenvalue weighted by molar-refractivity contribution is 5.90. The fourth-order valence-corrected chi connectivity index (χ4v) is 8.86. The number of aromatic amines is 1. The fourth-order valence-electron chi connectivity index (χ4n) is 8.86. The van der Waals surface area contributed by atoms with Crippen LogP contribution in [0.4, 0.5) is 0 Å². The molecule has 2 unspecified atom stereocenters. The Morgan fingerprint density at radius 1 is 1.06 bits per heavy atom. The quantitative estimate of drug-likeness (QED) is 0.0980. The topological polar surface area (TPSA) is 236 Å². The highest BCUT2D eigenvalue weighted by atomic mass is 16.5. The number of nitrogens with two attached hydrogens (primary N) is 3. The summed E-state index contributed by atoms with van der Waals surface area (Å²) in [5.74, 6) is 2.46. The molecule has 14 heteroatoms. The number of phenolic OH excluding ortho intramolecular Hbond substituents is 1. The first-order valence-electron chi connectivity index (χ1n) is 17.0. The van der Waals surface area contributed by atoms with E-state index < -0.39 is 29.9 Å². The number of benzene rings is 1. The minimum Gasteiger partial charge on any atom is -0.508 e. The van der Waals surface area contributed by atoms with Crippen LogP contribution in [0.25, 0.3) is 0 Å². The van der Waals surface area contributed by atoms with Crippen molar-refractivity contribution in [3.05, 3.63) is 58.8 Å². The van der Waals surface area contributed by atoms with E-state index >= 15 is 0 Å². The Morgan fingerprint density at radius 3 is 2.33 bits per heavy atom. The molecule has 4 aliphatic rings. The highest BCUT2D eigenvalue weighted by Crippen LogP contribution is 2.60. The van der Waals surface area contributed by atoms with Gasteiger partial charge < -0.3 is 42.4 Å². The maximum atomic E-state index is 14.1. The molecule has 0 saturated heterocycles. The van der Waals surface area contributed by atoms with Gasteiger partial charge in [0.1, 0.15) is 17.8 Å². The summed E-state index contributed by atoms with van der Waals surface area (Å²) in [6.45, 7) is 3.87. The van der Waals surface area contributed by atoms with Gasteiger partial charge in [-0.25, -0.2) is 4.98 Å². The number of nitrogens with zero attached hydrogens (tertiary/aromatic N) is 4. The molecule has 2 amide bonds. The first-order valence-corrected chi connectivity index (χ1v) is 17.0. The number of aliphatic imine (C=N–C) groups is 1. The van der Waals surface area contributed by atoms with Crippen LogP contribution in [-0.4, -0.2) is 61.6 Å².